The zero-order valence-electron chi connectivity index (χ0n) is 10.9. The van der Waals surface area contributed by atoms with Gasteiger partial charge in [-0.05, 0) is 31.2 Å². The molecule has 7 heteroatoms. The minimum absolute atomic E-state index is 0.0622. The summed E-state index contributed by atoms with van der Waals surface area (Å²) in [5.41, 5.74) is 5.80. The lowest BCUT2D eigenvalue weighted by Crippen LogP contribution is -2.59. The van der Waals surface area contributed by atoms with Crippen molar-refractivity contribution >= 4 is 0 Å². The van der Waals surface area contributed by atoms with E-state index in [1.807, 2.05) is 6.92 Å². The highest BCUT2D eigenvalue weighted by molar-refractivity contribution is 5.31. The van der Waals surface area contributed by atoms with Crippen LogP contribution in [0.3, 0.4) is 0 Å². The summed E-state index contributed by atoms with van der Waals surface area (Å²) in [4.78, 5) is 0. The predicted octanol–water partition coefficient (Wildman–Crippen LogP) is 2.47. The van der Waals surface area contributed by atoms with E-state index in [0.29, 0.717) is 18.8 Å². The molecule has 0 aromatic heterocycles. The van der Waals surface area contributed by atoms with E-state index in [4.69, 9.17) is 15.2 Å². The minimum atomic E-state index is -4.69. The molecule has 0 aliphatic heterocycles. The van der Waals surface area contributed by atoms with Crippen LogP contribution in [0.15, 0.2) is 24.3 Å². The quantitative estimate of drug-likeness (QED) is 0.905. The zero-order chi connectivity index (χ0) is 14.8. The van der Waals surface area contributed by atoms with Crippen molar-refractivity contribution in [2.24, 2.45) is 5.73 Å². The first-order valence-electron chi connectivity index (χ1n) is 6.28. The van der Waals surface area contributed by atoms with Gasteiger partial charge in [0.15, 0.2) is 0 Å². The molecule has 2 rings (SSSR count). The summed E-state index contributed by atoms with van der Waals surface area (Å²) in [6.07, 6.45) is -4.38. The third-order valence-corrected chi connectivity index (χ3v) is 3.00. The van der Waals surface area contributed by atoms with E-state index in [2.05, 4.69) is 4.74 Å². The average Bonchev–Trinajstić information content (AvgIpc) is 2.36. The van der Waals surface area contributed by atoms with Gasteiger partial charge in [-0.2, -0.15) is 0 Å². The van der Waals surface area contributed by atoms with Gasteiger partial charge in [-0.25, -0.2) is 0 Å². The Morgan fingerprint density at radius 2 is 1.80 bits per heavy atom. The van der Waals surface area contributed by atoms with Gasteiger partial charge >= 0.3 is 6.36 Å². The molecule has 0 heterocycles. The molecule has 0 spiro atoms. The number of hydrogen-bond donors (Lipinski definition) is 1. The number of halogens is 3. The van der Waals surface area contributed by atoms with Crippen LogP contribution in [0.5, 0.6) is 11.5 Å². The molecule has 3 atom stereocenters. The average molecular weight is 291 g/mol. The van der Waals surface area contributed by atoms with Gasteiger partial charge in [0.2, 0.25) is 0 Å². The van der Waals surface area contributed by atoms with Crippen molar-refractivity contribution in [1.29, 1.82) is 0 Å². The molecule has 1 saturated carbocycles. The number of ether oxygens (including phenoxy) is 3. The summed E-state index contributed by atoms with van der Waals surface area (Å²) in [7, 11) is 0. The van der Waals surface area contributed by atoms with Crippen molar-refractivity contribution < 1.29 is 27.4 Å². The molecule has 1 aliphatic carbocycles. The van der Waals surface area contributed by atoms with Crippen LogP contribution >= 0.6 is 0 Å². The maximum atomic E-state index is 12.0. The van der Waals surface area contributed by atoms with Gasteiger partial charge in [-0.15, -0.1) is 13.2 Å². The Balaban J connectivity index is 1.91. The van der Waals surface area contributed by atoms with E-state index in [1.54, 1.807) is 0 Å². The molecule has 0 radical (unpaired) electrons. The second-order valence-corrected chi connectivity index (χ2v) is 4.50. The van der Waals surface area contributed by atoms with Gasteiger partial charge in [-0.3, -0.25) is 0 Å². The lowest BCUT2D eigenvalue weighted by Gasteiger charge is -2.41. The Morgan fingerprint density at radius 1 is 1.20 bits per heavy atom. The smallest absolute Gasteiger partial charge is 0.488 e. The van der Waals surface area contributed by atoms with Crippen molar-refractivity contribution in [1.82, 2.24) is 0 Å². The van der Waals surface area contributed by atoms with Crippen LogP contribution in [-0.4, -0.2) is 31.2 Å². The molecule has 4 nitrogen and oxygen atoms in total. The van der Waals surface area contributed by atoms with Crippen LogP contribution in [0.1, 0.15) is 13.3 Å². The zero-order valence-corrected chi connectivity index (χ0v) is 10.9. The molecule has 1 aromatic carbocycles. The van der Waals surface area contributed by atoms with E-state index in [-0.39, 0.29) is 24.0 Å². The predicted molar refractivity (Wildman–Crippen MR) is 65.5 cm³/mol. The molecule has 112 valence electrons. The Bertz CT molecular complexity index is 435. The largest absolute Gasteiger partial charge is 0.573 e. The maximum Gasteiger partial charge on any atom is 0.573 e. The van der Waals surface area contributed by atoms with E-state index >= 15 is 0 Å². The molecule has 0 amide bonds. The van der Waals surface area contributed by atoms with Gasteiger partial charge in [0, 0.05) is 19.1 Å². The van der Waals surface area contributed by atoms with Gasteiger partial charge in [0.25, 0.3) is 0 Å². The summed E-state index contributed by atoms with van der Waals surface area (Å²) < 4.78 is 50.9. The van der Waals surface area contributed by atoms with Crippen LogP contribution in [0, 0.1) is 0 Å². The van der Waals surface area contributed by atoms with Gasteiger partial charge in [0.05, 0.1) is 0 Å². The van der Waals surface area contributed by atoms with E-state index < -0.39 is 6.36 Å². The fraction of sp³-hybridized carbons (Fsp3) is 0.538. The van der Waals surface area contributed by atoms with Crippen LogP contribution in [0.4, 0.5) is 13.2 Å². The van der Waals surface area contributed by atoms with Gasteiger partial charge in [0.1, 0.15) is 23.7 Å². The number of rotatable bonds is 5. The number of hydrogen-bond acceptors (Lipinski definition) is 4. The fourth-order valence-corrected chi connectivity index (χ4v) is 2.05. The standard InChI is InChI=1S/C13H16F3NO3/c1-2-18-12-10(17)7-11(12)19-8-3-5-9(6-4-8)20-13(14,15)16/h3-6,10-12H,2,7,17H2,1H3. The summed E-state index contributed by atoms with van der Waals surface area (Å²) in [6.45, 7) is 2.40. The Hall–Kier alpha value is -1.47. The molecule has 3 unspecified atom stereocenters. The van der Waals surface area contributed by atoms with Crippen LogP contribution in [0.25, 0.3) is 0 Å². The summed E-state index contributed by atoms with van der Waals surface area (Å²) in [5, 5.41) is 0. The Kier molecular flexibility index (Phi) is 4.39. The number of nitrogens with two attached hydrogens (primary N) is 1. The van der Waals surface area contributed by atoms with Crippen LogP contribution < -0.4 is 15.2 Å². The lowest BCUT2D eigenvalue weighted by molar-refractivity contribution is -0.274. The van der Waals surface area contributed by atoms with Crippen LogP contribution in [0.2, 0.25) is 0 Å². The first-order chi connectivity index (χ1) is 9.39. The monoisotopic (exact) mass is 291 g/mol. The van der Waals surface area contributed by atoms with Gasteiger partial charge in [-0.1, -0.05) is 0 Å². The molecule has 2 N–H and O–H groups in total. The first-order valence-corrected chi connectivity index (χ1v) is 6.28. The van der Waals surface area contributed by atoms with E-state index in [0.717, 1.165) is 0 Å². The van der Waals surface area contributed by atoms with E-state index in [9.17, 15) is 13.2 Å². The second kappa shape index (κ2) is 5.88. The molecular weight excluding hydrogens is 275 g/mol. The number of alkyl halides is 3. The summed E-state index contributed by atoms with van der Waals surface area (Å²) >= 11 is 0. The Morgan fingerprint density at radius 3 is 2.30 bits per heavy atom. The molecular formula is C13H16F3NO3. The second-order valence-electron chi connectivity index (χ2n) is 4.50. The van der Waals surface area contributed by atoms with Gasteiger partial charge < -0.3 is 19.9 Å². The van der Waals surface area contributed by atoms with Crippen molar-refractivity contribution in [3.8, 4) is 11.5 Å². The van der Waals surface area contributed by atoms with Crippen molar-refractivity contribution in [3.05, 3.63) is 24.3 Å². The third-order valence-electron chi connectivity index (χ3n) is 3.00. The highest BCUT2D eigenvalue weighted by atomic mass is 19.4. The Labute approximate surface area is 114 Å². The molecule has 20 heavy (non-hydrogen) atoms. The molecule has 0 bridgehead atoms. The molecule has 1 fully saturated rings. The SMILES string of the molecule is CCOC1C(N)CC1Oc1ccc(OC(F)(F)F)cc1. The topological polar surface area (TPSA) is 53.7 Å². The molecule has 1 aliphatic rings. The molecule has 0 saturated heterocycles. The van der Waals surface area contributed by atoms with Crippen molar-refractivity contribution in [3.63, 3.8) is 0 Å². The first kappa shape index (κ1) is 14.9. The lowest BCUT2D eigenvalue weighted by atomic mass is 9.86. The minimum Gasteiger partial charge on any atom is -0.488 e. The molecule has 1 aromatic rings. The van der Waals surface area contributed by atoms with E-state index in [1.165, 1.54) is 24.3 Å². The van der Waals surface area contributed by atoms with Crippen LogP contribution in [-0.2, 0) is 4.74 Å². The summed E-state index contributed by atoms with van der Waals surface area (Å²) in [5.74, 6) is 0.178. The van der Waals surface area contributed by atoms with Crippen molar-refractivity contribution in [2.45, 2.75) is 38.0 Å². The highest BCUT2D eigenvalue weighted by Gasteiger charge is 2.41. The third kappa shape index (κ3) is 3.77. The summed E-state index contributed by atoms with van der Waals surface area (Å²) in [6, 6.07) is 5.20. The number of benzene rings is 1. The van der Waals surface area contributed by atoms with Crippen molar-refractivity contribution in [2.75, 3.05) is 6.61 Å². The normalized spacial score (nSPS) is 25.9. The highest BCUT2D eigenvalue weighted by Crippen LogP contribution is 2.30. The maximum absolute atomic E-state index is 12.0. The fourth-order valence-electron chi connectivity index (χ4n) is 2.05.